The number of ketones is 1. The van der Waals surface area contributed by atoms with Crippen LogP contribution in [0.5, 0.6) is 11.5 Å². The van der Waals surface area contributed by atoms with Gasteiger partial charge in [0.2, 0.25) is 0 Å². The number of carbonyl (C=O) groups is 2. The van der Waals surface area contributed by atoms with Crippen LogP contribution < -0.4 is 19.7 Å². The average molecular weight is 432 g/mol. The number of hydrogen-bond acceptors (Lipinski definition) is 5. The predicted molar refractivity (Wildman–Crippen MR) is 123 cm³/mol. The Bertz CT molecular complexity index is 1230. The second kappa shape index (κ2) is 8.63. The predicted octanol–water partition coefficient (Wildman–Crippen LogP) is 4.60. The molecule has 1 amide bonds. The third-order valence-electron chi connectivity index (χ3n) is 5.74. The number of carbonyl (C=O) groups excluding carboxylic acids is 1. The zero-order valence-corrected chi connectivity index (χ0v) is 18.1. The van der Waals surface area contributed by atoms with E-state index in [9.17, 15) is 14.7 Å². The van der Waals surface area contributed by atoms with Crippen molar-refractivity contribution in [2.45, 2.75) is 19.5 Å². The van der Waals surface area contributed by atoms with E-state index < -0.39 is 12.1 Å². The molecule has 1 aliphatic rings. The Labute approximate surface area is 185 Å². The molecular formula is C25H24N2O5. The van der Waals surface area contributed by atoms with Crippen molar-refractivity contribution in [1.29, 1.82) is 0 Å². The van der Waals surface area contributed by atoms with E-state index in [0.717, 1.165) is 16.3 Å². The lowest BCUT2D eigenvalue weighted by Crippen LogP contribution is -2.45. The van der Waals surface area contributed by atoms with Crippen LogP contribution in [0, 0.1) is 0 Å². The summed E-state index contributed by atoms with van der Waals surface area (Å²) in [5.74, 6) is 0.470. The Hall–Kier alpha value is -4.00. The molecule has 7 heteroatoms. The van der Waals surface area contributed by atoms with E-state index in [4.69, 9.17) is 9.47 Å². The van der Waals surface area contributed by atoms with E-state index >= 15 is 0 Å². The Morgan fingerprint density at radius 2 is 1.78 bits per heavy atom. The van der Waals surface area contributed by atoms with Crippen LogP contribution in [0.1, 0.15) is 22.8 Å². The first-order valence-electron chi connectivity index (χ1n) is 10.2. The standard InChI is InChI=1S/C25H24N2O5/c1-15-20(14-26-13-17-9-6-8-16-7-4-5-10-18(16)17)24(28)19-11-22(31-2)23(32-3)12-21(19)27(15)25(29)30/h4-12,14-15,26H,13H2,1-3H3,(H,29,30). The fourth-order valence-corrected chi connectivity index (χ4v) is 4.11. The lowest BCUT2D eigenvalue weighted by molar-refractivity contribution is 0.102. The summed E-state index contributed by atoms with van der Waals surface area (Å²) in [6, 6.07) is 16.5. The van der Waals surface area contributed by atoms with E-state index in [0.29, 0.717) is 23.6 Å². The Morgan fingerprint density at radius 1 is 1.09 bits per heavy atom. The number of anilines is 1. The van der Waals surface area contributed by atoms with Gasteiger partial charge in [0, 0.05) is 24.4 Å². The van der Waals surface area contributed by atoms with Gasteiger partial charge in [-0.25, -0.2) is 4.79 Å². The Balaban J connectivity index is 1.69. The zero-order chi connectivity index (χ0) is 22.8. The molecule has 0 saturated heterocycles. The van der Waals surface area contributed by atoms with Gasteiger partial charge in [-0.15, -0.1) is 0 Å². The summed E-state index contributed by atoms with van der Waals surface area (Å²) in [6.07, 6.45) is 0.461. The van der Waals surface area contributed by atoms with Crippen LogP contribution in [0.3, 0.4) is 0 Å². The van der Waals surface area contributed by atoms with Crippen molar-refractivity contribution in [3.05, 3.63) is 77.5 Å². The van der Waals surface area contributed by atoms with Crippen LogP contribution in [0.25, 0.3) is 10.8 Å². The highest BCUT2D eigenvalue weighted by molar-refractivity contribution is 6.18. The summed E-state index contributed by atoms with van der Waals surface area (Å²) in [4.78, 5) is 26.5. The fourth-order valence-electron chi connectivity index (χ4n) is 4.11. The van der Waals surface area contributed by atoms with Crippen LogP contribution in [0.2, 0.25) is 0 Å². The van der Waals surface area contributed by atoms with E-state index in [2.05, 4.69) is 11.4 Å². The van der Waals surface area contributed by atoms with Gasteiger partial charge in [0.1, 0.15) is 0 Å². The normalized spacial score (nSPS) is 16.7. The van der Waals surface area contributed by atoms with Crippen molar-refractivity contribution >= 4 is 28.3 Å². The van der Waals surface area contributed by atoms with Crippen molar-refractivity contribution in [3.8, 4) is 11.5 Å². The summed E-state index contributed by atoms with van der Waals surface area (Å²) < 4.78 is 10.6. The lowest BCUT2D eigenvalue weighted by atomic mass is 9.90. The Morgan fingerprint density at radius 3 is 2.50 bits per heavy atom. The van der Waals surface area contributed by atoms with Crippen molar-refractivity contribution in [2.24, 2.45) is 0 Å². The molecule has 0 radical (unpaired) electrons. The number of ether oxygens (including phenoxy) is 2. The van der Waals surface area contributed by atoms with Gasteiger partial charge in [-0.05, 0) is 29.3 Å². The first-order chi connectivity index (χ1) is 15.5. The number of Topliss-reactive ketones (excluding diaryl/α,β-unsaturated/α-hetero) is 1. The molecule has 32 heavy (non-hydrogen) atoms. The smallest absolute Gasteiger partial charge is 0.412 e. The molecule has 1 heterocycles. The first-order valence-corrected chi connectivity index (χ1v) is 10.2. The second-order valence-corrected chi connectivity index (χ2v) is 7.50. The molecule has 1 unspecified atom stereocenters. The number of benzene rings is 3. The average Bonchev–Trinajstić information content (AvgIpc) is 2.80. The summed E-state index contributed by atoms with van der Waals surface area (Å²) in [7, 11) is 2.93. The molecule has 1 aliphatic heterocycles. The van der Waals surface area contributed by atoms with Crippen LogP contribution in [-0.4, -0.2) is 37.2 Å². The largest absolute Gasteiger partial charge is 0.493 e. The first kappa shape index (κ1) is 21.2. The molecule has 0 aromatic heterocycles. The minimum atomic E-state index is -1.15. The summed E-state index contributed by atoms with van der Waals surface area (Å²) in [5, 5.41) is 15.3. The number of nitrogens with zero attached hydrogens (tertiary/aromatic N) is 1. The molecule has 0 spiro atoms. The van der Waals surface area contributed by atoms with Gasteiger partial charge in [-0.3, -0.25) is 9.69 Å². The molecule has 3 aromatic carbocycles. The number of amides is 1. The maximum Gasteiger partial charge on any atom is 0.412 e. The Kier molecular flexibility index (Phi) is 5.73. The van der Waals surface area contributed by atoms with Crippen LogP contribution in [0.15, 0.2) is 66.4 Å². The number of rotatable bonds is 5. The molecule has 0 saturated carbocycles. The van der Waals surface area contributed by atoms with Crippen molar-refractivity contribution < 1.29 is 24.2 Å². The minimum Gasteiger partial charge on any atom is -0.493 e. The highest BCUT2D eigenvalue weighted by atomic mass is 16.5. The van der Waals surface area contributed by atoms with Crippen molar-refractivity contribution in [2.75, 3.05) is 19.1 Å². The van der Waals surface area contributed by atoms with Gasteiger partial charge < -0.3 is 19.9 Å². The number of nitrogens with one attached hydrogen (secondary N) is 1. The molecule has 0 bridgehead atoms. The molecule has 1 atom stereocenters. The molecule has 2 N–H and O–H groups in total. The number of methoxy groups -OCH3 is 2. The van der Waals surface area contributed by atoms with Crippen LogP contribution in [-0.2, 0) is 6.54 Å². The molecule has 7 nitrogen and oxygen atoms in total. The molecular weight excluding hydrogens is 408 g/mol. The van der Waals surface area contributed by atoms with Crippen LogP contribution >= 0.6 is 0 Å². The molecule has 3 aromatic rings. The van der Waals surface area contributed by atoms with Gasteiger partial charge in [-0.1, -0.05) is 42.5 Å². The van der Waals surface area contributed by atoms with Crippen molar-refractivity contribution in [3.63, 3.8) is 0 Å². The van der Waals surface area contributed by atoms with Gasteiger partial charge in [0.25, 0.3) is 0 Å². The second-order valence-electron chi connectivity index (χ2n) is 7.50. The SMILES string of the molecule is COc1cc2c(cc1OC)N(C(=O)O)C(C)C(=CNCc1cccc3ccccc13)C2=O. The van der Waals surface area contributed by atoms with Gasteiger partial charge >= 0.3 is 6.09 Å². The highest BCUT2D eigenvalue weighted by Gasteiger charge is 2.38. The number of carboxylic acid groups (broad SMARTS) is 1. The maximum absolute atomic E-state index is 13.3. The number of hydrogen-bond donors (Lipinski definition) is 2. The highest BCUT2D eigenvalue weighted by Crippen LogP contribution is 2.41. The third-order valence-corrected chi connectivity index (χ3v) is 5.74. The minimum absolute atomic E-state index is 0.251. The number of fused-ring (bicyclic) bond motifs is 2. The van der Waals surface area contributed by atoms with Gasteiger partial charge in [0.05, 0.1) is 31.5 Å². The van der Waals surface area contributed by atoms with Crippen LogP contribution in [0.4, 0.5) is 10.5 Å². The molecule has 0 fully saturated rings. The van der Waals surface area contributed by atoms with E-state index in [1.54, 1.807) is 13.1 Å². The summed E-state index contributed by atoms with van der Waals surface area (Å²) in [6.45, 7) is 2.19. The topological polar surface area (TPSA) is 88.1 Å². The monoisotopic (exact) mass is 432 g/mol. The van der Waals surface area contributed by atoms with Gasteiger partial charge in [-0.2, -0.15) is 0 Å². The van der Waals surface area contributed by atoms with Crippen molar-refractivity contribution in [1.82, 2.24) is 5.32 Å². The summed E-state index contributed by atoms with van der Waals surface area (Å²) in [5.41, 5.74) is 1.96. The molecule has 4 rings (SSSR count). The maximum atomic E-state index is 13.3. The third kappa shape index (κ3) is 3.62. The van der Waals surface area contributed by atoms with E-state index in [1.165, 1.54) is 31.3 Å². The fraction of sp³-hybridized carbons (Fsp3) is 0.200. The quantitative estimate of drug-likeness (QED) is 0.573. The zero-order valence-electron chi connectivity index (χ0n) is 18.1. The summed E-state index contributed by atoms with van der Waals surface area (Å²) >= 11 is 0. The lowest BCUT2D eigenvalue weighted by Gasteiger charge is -2.34. The van der Waals surface area contributed by atoms with E-state index in [-0.39, 0.29) is 17.0 Å². The van der Waals surface area contributed by atoms with E-state index in [1.807, 2.05) is 36.4 Å². The molecule has 164 valence electrons. The van der Waals surface area contributed by atoms with Gasteiger partial charge in [0.15, 0.2) is 17.3 Å². The molecule has 0 aliphatic carbocycles.